The summed E-state index contributed by atoms with van der Waals surface area (Å²) in [5, 5.41) is 0. The fourth-order valence-corrected chi connectivity index (χ4v) is 5.01. The average Bonchev–Trinajstić information content (AvgIpc) is 2.38. The molecular weight excluding hydrogens is 236 g/mol. The number of hydrogen-bond acceptors (Lipinski definition) is 2. The van der Waals surface area contributed by atoms with E-state index in [1.165, 1.54) is 19.3 Å². The van der Waals surface area contributed by atoms with Crippen LogP contribution in [0, 0.1) is 29.2 Å². The quantitative estimate of drug-likeness (QED) is 0.596. The first-order chi connectivity index (χ1) is 9.23. The standard InChI is InChI=1S/C17H19O2/c18-16(19-15-4-2-1-3-5-15)17-9-12-6-13(10-17)8-14(7-12)11-17/h1-4,12-14H,6-11H2. The van der Waals surface area contributed by atoms with Crippen LogP contribution in [0.3, 0.4) is 0 Å². The summed E-state index contributed by atoms with van der Waals surface area (Å²) in [6.07, 6.45) is 7.23. The van der Waals surface area contributed by atoms with Crippen molar-refractivity contribution < 1.29 is 9.53 Å². The van der Waals surface area contributed by atoms with Gasteiger partial charge in [-0.1, -0.05) is 18.2 Å². The highest BCUT2D eigenvalue weighted by Gasteiger charge is 2.55. The third kappa shape index (κ3) is 1.89. The van der Waals surface area contributed by atoms with Gasteiger partial charge in [-0.2, -0.15) is 0 Å². The molecule has 19 heavy (non-hydrogen) atoms. The van der Waals surface area contributed by atoms with Crippen molar-refractivity contribution in [2.75, 3.05) is 0 Å². The molecule has 0 N–H and O–H groups in total. The molecule has 4 bridgehead atoms. The van der Waals surface area contributed by atoms with Crippen molar-refractivity contribution in [3.63, 3.8) is 0 Å². The van der Waals surface area contributed by atoms with Gasteiger partial charge in [0.2, 0.25) is 0 Å². The molecule has 0 saturated heterocycles. The number of para-hydroxylation sites is 1. The van der Waals surface area contributed by atoms with Crippen LogP contribution < -0.4 is 4.74 Å². The highest BCUT2D eigenvalue weighted by Crippen LogP contribution is 2.60. The Morgan fingerprint density at radius 2 is 1.74 bits per heavy atom. The smallest absolute Gasteiger partial charge is 0.317 e. The van der Waals surface area contributed by atoms with Crippen LogP contribution in [0.2, 0.25) is 0 Å². The molecule has 0 amide bonds. The van der Waals surface area contributed by atoms with Crippen molar-refractivity contribution in [1.82, 2.24) is 0 Å². The van der Waals surface area contributed by atoms with Gasteiger partial charge in [-0.25, -0.2) is 0 Å². The van der Waals surface area contributed by atoms with Crippen LogP contribution in [-0.4, -0.2) is 5.97 Å². The van der Waals surface area contributed by atoms with Crippen molar-refractivity contribution in [2.24, 2.45) is 23.2 Å². The zero-order valence-electron chi connectivity index (χ0n) is 11.1. The van der Waals surface area contributed by atoms with Crippen LogP contribution in [-0.2, 0) is 4.79 Å². The molecule has 0 atom stereocenters. The predicted octanol–water partition coefficient (Wildman–Crippen LogP) is 3.61. The summed E-state index contributed by atoms with van der Waals surface area (Å²) in [4.78, 5) is 12.6. The third-order valence-electron chi connectivity index (χ3n) is 5.35. The van der Waals surface area contributed by atoms with E-state index in [1.54, 1.807) is 6.07 Å². The van der Waals surface area contributed by atoms with Gasteiger partial charge in [-0.05, 0) is 62.3 Å². The minimum atomic E-state index is -0.168. The van der Waals surface area contributed by atoms with Crippen molar-refractivity contribution in [1.29, 1.82) is 0 Å². The van der Waals surface area contributed by atoms with Gasteiger partial charge in [0, 0.05) is 6.07 Å². The lowest BCUT2D eigenvalue weighted by atomic mass is 9.49. The molecule has 0 aliphatic heterocycles. The van der Waals surface area contributed by atoms with Gasteiger partial charge in [-0.3, -0.25) is 4.79 Å². The molecular formula is C17H19O2. The first-order valence-corrected chi connectivity index (χ1v) is 7.42. The molecule has 4 saturated carbocycles. The molecule has 4 fully saturated rings. The van der Waals surface area contributed by atoms with Gasteiger partial charge in [0.15, 0.2) is 0 Å². The Balaban J connectivity index is 1.56. The second-order valence-electron chi connectivity index (χ2n) is 6.81. The topological polar surface area (TPSA) is 26.3 Å². The average molecular weight is 255 g/mol. The maximum Gasteiger partial charge on any atom is 0.317 e. The summed E-state index contributed by atoms with van der Waals surface area (Å²) in [7, 11) is 0. The molecule has 4 aliphatic rings. The third-order valence-corrected chi connectivity index (χ3v) is 5.35. The van der Waals surface area contributed by atoms with Gasteiger partial charge < -0.3 is 4.74 Å². The summed E-state index contributed by atoms with van der Waals surface area (Å²) in [6, 6.07) is 10.4. The fraction of sp³-hybridized carbons (Fsp3) is 0.588. The molecule has 0 heterocycles. The fourth-order valence-electron chi connectivity index (χ4n) is 5.01. The SMILES string of the molecule is O=C(Oc1[c]cccc1)C12CC3CC(CC(C3)C1)C2. The van der Waals surface area contributed by atoms with Crippen molar-refractivity contribution >= 4 is 5.97 Å². The summed E-state index contributed by atoms with van der Waals surface area (Å²) in [5.74, 6) is 2.91. The summed E-state index contributed by atoms with van der Waals surface area (Å²) < 4.78 is 5.60. The van der Waals surface area contributed by atoms with Gasteiger partial charge in [0.25, 0.3) is 0 Å². The second kappa shape index (κ2) is 4.09. The van der Waals surface area contributed by atoms with Crippen LogP contribution in [0.4, 0.5) is 0 Å². The second-order valence-corrected chi connectivity index (χ2v) is 6.81. The van der Waals surface area contributed by atoms with Gasteiger partial charge in [0.05, 0.1) is 5.41 Å². The molecule has 0 spiro atoms. The van der Waals surface area contributed by atoms with Crippen LogP contribution in [0.15, 0.2) is 24.3 Å². The zero-order chi connectivity index (χ0) is 12.9. The molecule has 1 aromatic carbocycles. The van der Waals surface area contributed by atoms with Gasteiger partial charge in [-0.15, -0.1) is 0 Å². The largest absolute Gasteiger partial charge is 0.425 e. The molecule has 1 aromatic rings. The van der Waals surface area contributed by atoms with E-state index in [9.17, 15) is 4.79 Å². The van der Waals surface area contributed by atoms with Crippen molar-refractivity contribution in [2.45, 2.75) is 38.5 Å². The Morgan fingerprint density at radius 1 is 1.11 bits per heavy atom. The van der Waals surface area contributed by atoms with E-state index < -0.39 is 0 Å². The maximum atomic E-state index is 12.6. The van der Waals surface area contributed by atoms with Crippen LogP contribution in [0.25, 0.3) is 0 Å². The van der Waals surface area contributed by atoms with E-state index in [1.807, 2.05) is 18.2 Å². The monoisotopic (exact) mass is 255 g/mol. The van der Waals surface area contributed by atoms with E-state index in [0.717, 1.165) is 37.0 Å². The summed E-state index contributed by atoms with van der Waals surface area (Å²) >= 11 is 0. The molecule has 0 aromatic heterocycles. The highest BCUT2D eigenvalue weighted by molar-refractivity contribution is 5.79. The van der Waals surface area contributed by atoms with Crippen molar-refractivity contribution in [3.8, 4) is 5.75 Å². The lowest BCUT2D eigenvalue weighted by molar-refractivity contribution is -0.161. The highest BCUT2D eigenvalue weighted by atomic mass is 16.5. The summed E-state index contributed by atoms with van der Waals surface area (Å²) in [5.41, 5.74) is -0.168. The van der Waals surface area contributed by atoms with Crippen LogP contribution in [0.5, 0.6) is 5.75 Å². The molecule has 2 nitrogen and oxygen atoms in total. The van der Waals surface area contributed by atoms with E-state index >= 15 is 0 Å². The van der Waals surface area contributed by atoms with Gasteiger partial charge in [0.1, 0.15) is 5.75 Å². The Morgan fingerprint density at radius 3 is 2.26 bits per heavy atom. The molecule has 2 heteroatoms. The minimum Gasteiger partial charge on any atom is -0.425 e. The van der Waals surface area contributed by atoms with Crippen molar-refractivity contribution in [3.05, 3.63) is 30.3 Å². The minimum absolute atomic E-state index is 0.00838. The van der Waals surface area contributed by atoms with E-state index in [2.05, 4.69) is 6.07 Å². The predicted molar refractivity (Wildman–Crippen MR) is 71.5 cm³/mol. The number of esters is 1. The number of carbonyl (C=O) groups is 1. The Labute approximate surface area is 114 Å². The lowest BCUT2D eigenvalue weighted by Crippen LogP contribution is -2.51. The zero-order valence-corrected chi connectivity index (χ0v) is 11.1. The lowest BCUT2D eigenvalue weighted by Gasteiger charge is -2.55. The number of carbonyl (C=O) groups excluding carboxylic acids is 1. The maximum absolute atomic E-state index is 12.6. The molecule has 5 rings (SSSR count). The molecule has 4 aliphatic carbocycles. The van der Waals surface area contributed by atoms with E-state index in [4.69, 9.17) is 4.74 Å². The first-order valence-electron chi connectivity index (χ1n) is 7.42. The number of ether oxygens (including phenoxy) is 1. The first kappa shape index (κ1) is 11.5. The van der Waals surface area contributed by atoms with Gasteiger partial charge >= 0.3 is 5.97 Å². The molecule has 1 radical (unpaired) electrons. The Bertz CT molecular complexity index is 456. The summed E-state index contributed by atoms with van der Waals surface area (Å²) in [6.45, 7) is 0. The van der Waals surface area contributed by atoms with E-state index in [0.29, 0.717) is 5.75 Å². The normalized spacial score (nSPS) is 39.3. The molecule has 0 unspecified atom stereocenters. The van der Waals surface area contributed by atoms with Crippen LogP contribution >= 0.6 is 0 Å². The number of rotatable bonds is 2. The van der Waals surface area contributed by atoms with E-state index in [-0.39, 0.29) is 11.4 Å². The molecule has 99 valence electrons. The number of benzene rings is 1. The number of hydrogen-bond donors (Lipinski definition) is 0. The van der Waals surface area contributed by atoms with Crippen LogP contribution in [0.1, 0.15) is 38.5 Å². The Hall–Kier alpha value is -1.31. The Kier molecular flexibility index (Phi) is 2.48.